The molecule has 4 nitrogen and oxygen atoms in total. The van der Waals surface area contributed by atoms with Gasteiger partial charge in [-0.3, -0.25) is 0 Å². The zero-order valence-electron chi connectivity index (χ0n) is 27.8. The van der Waals surface area contributed by atoms with Gasteiger partial charge in [0.25, 0.3) is 0 Å². The zero-order chi connectivity index (χ0) is 30.3. The van der Waals surface area contributed by atoms with Crippen LogP contribution in [0.15, 0.2) is 70.1 Å². The second kappa shape index (κ2) is 13.0. The first kappa shape index (κ1) is 35.7. The first-order valence-corrected chi connectivity index (χ1v) is 15.3. The number of nitrogens with one attached hydrogen (secondary N) is 2. The van der Waals surface area contributed by atoms with E-state index in [-0.39, 0.29) is 51.1 Å². The summed E-state index contributed by atoms with van der Waals surface area (Å²) in [5.41, 5.74) is 5.45. The van der Waals surface area contributed by atoms with Crippen LogP contribution < -0.4 is 20.8 Å². The minimum absolute atomic E-state index is 0. The summed E-state index contributed by atoms with van der Waals surface area (Å²) in [7, 11) is 0. The van der Waals surface area contributed by atoms with E-state index in [9.17, 15) is 10.2 Å². The summed E-state index contributed by atoms with van der Waals surface area (Å²) in [4.78, 5) is 0. The summed E-state index contributed by atoms with van der Waals surface area (Å²) < 4.78 is 0. The predicted octanol–water partition coefficient (Wildman–Crippen LogP) is 6.62. The molecule has 2 unspecified atom stereocenters. The monoisotopic (exact) mass is 600 g/mol. The van der Waals surface area contributed by atoms with Crippen LogP contribution in [0.1, 0.15) is 109 Å². The fraction of sp³-hybridized carbons (Fsp3) is 0.667. The maximum atomic E-state index is 13.6. The molecule has 1 saturated carbocycles. The minimum Gasteiger partial charge on any atom is -0.845 e. The number of hydrogen-bond acceptors (Lipinski definition) is 4. The Morgan fingerprint density at radius 1 is 0.561 bits per heavy atom. The molecule has 0 aromatic heterocycles. The molecule has 3 rings (SSSR count). The fourth-order valence-corrected chi connectivity index (χ4v) is 5.70. The van der Waals surface area contributed by atoms with Gasteiger partial charge >= 0.3 is 17.4 Å². The molecule has 2 N–H and O–H groups in total. The van der Waals surface area contributed by atoms with Crippen LogP contribution >= 0.6 is 0 Å². The Morgan fingerprint density at radius 2 is 0.878 bits per heavy atom. The standard InChI is InChI=1S/C36H56N2O2.Cr/c1-33(2,3)25-17-23(31(39)27(19-25)35(7,8)9)21-37-29-15-13-14-16-30(29)38-22-24-18-26(34(4,5)6)20-28(32(24)40)36(10,11)12;/h17-22,29-32,37-38H,13-16H2,1-12H3;/q-2;+3/t29-,30-,31?,32?;/m0./s1. The van der Waals surface area contributed by atoms with Crippen molar-refractivity contribution in [1.82, 2.24) is 10.6 Å². The summed E-state index contributed by atoms with van der Waals surface area (Å²) in [6.45, 7) is 26.0. The van der Waals surface area contributed by atoms with Crippen LogP contribution in [0.3, 0.4) is 0 Å². The first-order chi connectivity index (χ1) is 18.2. The molecule has 3 aliphatic rings. The predicted molar refractivity (Wildman–Crippen MR) is 166 cm³/mol. The van der Waals surface area contributed by atoms with Crippen molar-refractivity contribution in [3.63, 3.8) is 0 Å². The molecule has 0 amide bonds. The first-order valence-electron chi connectivity index (χ1n) is 15.3. The molecule has 41 heavy (non-hydrogen) atoms. The molecule has 4 atom stereocenters. The quantitative estimate of drug-likeness (QED) is 0.381. The minimum atomic E-state index is -0.872. The third-order valence-corrected chi connectivity index (χ3v) is 8.59. The van der Waals surface area contributed by atoms with Crippen molar-refractivity contribution in [2.24, 2.45) is 21.7 Å². The van der Waals surface area contributed by atoms with Gasteiger partial charge in [-0.1, -0.05) is 144 Å². The summed E-state index contributed by atoms with van der Waals surface area (Å²) >= 11 is 0. The van der Waals surface area contributed by atoms with Crippen molar-refractivity contribution >= 4 is 0 Å². The third-order valence-electron chi connectivity index (χ3n) is 8.59. The summed E-state index contributed by atoms with van der Waals surface area (Å²) in [5, 5.41) is 34.5. The van der Waals surface area contributed by atoms with E-state index in [1.807, 2.05) is 12.4 Å². The molecule has 0 aliphatic heterocycles. The van der Waals surface area contributed by atoms with Gasteiger partial charge in [0, 0.05) is 12.1 Å². The van der Waals surface area contributed by atoms with Crippen molar-refractivity contribution in [3.05, 3.63) is 70.1 Å². The second-order valence-corrected chi connectivity index (χ2v) is 16.3. The van der Waals surface area contributed by atoms with Crippen molar-refractivity contribution in [2.45, 2.75) is 133 Å². The maximum absolute atomic E-state index is 13.6. The fourth-order valence-electron chi connectivity index (χ4n) is 5.70. The normalized spacial score (nSPS) is 28.3. The SMILES string of the molecule is CC(C)(C)C1=CC(=CN[C@H]2CCCC[C@@H]2NC=C2C=C(C(C)(C)C)C=C(C(C)(C)C)C2[O-])C([O-])C(C(C)(C)C)=C1.[Cr+3]. The van der Waals surface area contributed by atoms with Crippen LogP contribution in [0.2, 0.25) is 0 Å². The molecular weight excluding hydrogens is 544 g/mol. The molecule has 0 bridgehead atoms. The molecule has 5 heteroatoms. The van der Waals surface area contributed by atoms with Gasteiger partial charge in [0.2, 0.25) is 0 Å². The van der Waals surface area contributed by atoms with Crippen LogP contribution in [0.4, 0.5) is 0 Å². The van der Waals surface area contributed by atoms with E-state index in [4.69, 9.17) is 0 Å². The van der Waals surface area contributed by atoms with Gasteiger partial charge < -0.3 is 20.8 Å². The molecule has 0 saturated heterocycles. The van der Waals surface area contributed by atoms with Gasteiger partial charge in [-0.15, -0.1) is 0 Å². The Kier molecular flexibility index (Phi) is 11.3. The van der Waals surface area contributed by atoms with Gasteiger partial charge in [0.05, 0.1) is 0 Å². The van der Waals surface area contributed by atoms with E-state index in [0.717, 1.165) is 48.0 Å². The summed E-state index contributed by atoms with van der Waals surface area (Å²) in [5.74, 6) is 0. The van der Waals surface area contributed by atoms with Crippen LogP contribution in [-0.2, 0) is 17.4 Å². The summed E-state index contributed by atoms with van der Waals surface area (Å²) in [6.07, 6.45) is 15.0. The molecule has 0 spiro atoms. The van der Waals surface area contributed by atoms with Crippen LogP contribution in [0.25, 0.3) is 0 Å². The van der Waals surface area contributed by atoms with Gasteiger partial charge in [0.15, 0.2) is 0 Å². The molecule has 0 aromatic rings. The van der Waals surface area contributed by atoms with E-state index in [2.05, 4.69) is 118 Å². The van der Waals surface area contributed by atoms with Crippen LogP contribution in [-0.4, -0.2) is 24.3 Å². The van der Waals surface area contributed by atoms with Crippen molar-refractivity contribution < 1.29 is 27.6 Å². The zero-order valence-corrected chi connectivity index (χ0v) is 29.1. The molecular formula is C36H56CrN2O2+. The topological polar surface area (TPSA) is 70.2 Å². The Hall–Kier alpha value is -1.51. The summed E-state index contributed by atoms with van der Waals surface area (Å²) in [6, 6.07) is 0.385. The Balaban J connectivity index is 0.00000588. The van der Waals surface area contributed by atoms with Gasteiger partial charge in [-0.25, -0.2) is 0 Å². The molecule has 1 radical (unpaired) electrons. The average molecular weight is 601 g/mol. The molecule has 0 aromatic carbocycles. The molecule has 227 valence electrons. The van der Waals surface area contributed by atoms with Crippen molar-refractivity contribution in [1.29, 1.82) is 0 Å². The van der Waals surface area contributed by atoms with Crippen molar-refractivity contribution in [2.75, 3.05) is 0 Å². The smallest absolute Gasteiger partial charge is 0.845 e. The third kappa shape index (κ3) is 8.99. The van der Waals surface area contributed by atoms with E-state index in [1.165, 1.54) is 11.1 Å². The molecule has 1 fully saturated rings. The van der Waals surface area contributed by atoms with Gasteiger partial charge in [0.1, 0.15) is 0 Å². The van der Waals surface area contributed by atoms with Crippen molar-refractivity contribution in [3.8, 4) is 0 Å². The van der Waals surface area contributed by atoms with Gasteiger partial charge in [-0.2, -0.15) is 0 Å². The number of rotatable bonds is 4. The van der Waals surface area contributed by atoms with E-state index >= 15 is 0 Å². The Bertz CT molecular complexity index is 1030. The Labute approximate surface area is 262 Å². The van der Waals surface area contributed by atoms with Crippen LogP contribution in [0, 0.1) is 21.7 Å². The number of allylic oxidation sites excluding steroid dienone is 4. The van der Waals surface area contributed by atoms with Crippen LogP contribution in [0.5, 0.6) is 0 Å². The number of hydrogen-bond donors (Lipinski definition) is 2. The average Bonchev–Trinajstić information content (AvgIpc) is 2.80. The van der Waals surface area contributed by atoms with E-state index in [0.29, 0.717) is 0 Å². The maximum Gasteiger partial charge on any atom is 3.00 e. The Morgan fingerprint density at radius 3 is 1.15 bits per heavy atom. The molecule has 0 heterocycles. The molecule has 3 aliphatic carbocycles. The second-order valence-electron chi connectivity index (χ2n) is 16.3. The largest absolute Gasteiger partial charge is 3.00 e. The van der Waals surface area contributed by atoms with Gasteiger partial charge in [-0.05, 0) is 69.2 Å². The van der Waals surface area contributed by atoms with E-state index in [1.54, 1.807) is 0 Å². The van der Waals surface area contributed by atoms with E-state index < -0.39 is 12.2 Å².